The number of aromatic amines is 2. The molecule has 2 heterocycles. The number of aromatic nitrogens is 2. The zero-order valence-corrected chi connectivity index (χ0v) is 17.3. The van der Waals surface area contributed by atoms with Gasteiger partial charge in [0.1, 0.15) is 0 Å². The zero-order valence-electron chi connectivity index (χ0n) is 13.9. The molecule has 0 aliphatic heterocycles. The monoisotopic (exact) mass is 492 g/mol. The number of hydrogen-bond donors (Lipinski definition) is 4. The number of benzene rings is 1. The molecule has 28 heavy (non-hydrogen) atoms. The number of nitro groups is 1. The van der Waals surface area contributed by atoms with Crippen molar-refractivity contribution in [3.63, 3.8) is 0 Å². The number of rotatable bonds is 7. The fraction of sp³-hybridized carbons (Fsp3) is 0.143. The highest BCUT2D eigenvalue weighted by atomic mass is 79.9. The molecule has 150 valence electrons. The highest BCUT2D eigenvalue weighted by molar-refractivity contribution is 8.93. The van der Waals surface area contributed by atoms with Gasteiger partial charge in [-0.3, -0.25) is 24.3 Å². The molecule has 0 saturated heterocycles. The van der Waals surface area contributed by atoms with E-state index in [0.29, 0.717) is 5.56 Å². The number of hydroxylamine groups is 1. The molecular weight excluding hydrogens is 479 g/mol. The summed E-state index contributed by atoms with van der Waals surface area (Å²) in [6.07, 6.45) is -0.205. The Morgan fingerprint density at radius 3 is 2.64 bits per heavy atom. The lowest BCUT2D eigenvalue weighted by Gasteiger charge is -2.12. The second kappa shape index (κ2) is 8.90. The van der Waals surface area contributed by atoms with Gasteiger partial charge in [0.2, 0.25) is 0 Å². The van der Waals surface area contributed by atoms with Crippen LogP contribution < -0.4 is 16.6 Å². The average Bonchev–Trinajstić information content (AvgIpc) is 3.08. The molecule has 0 amide bonds. The molecule has 0 aliphatic carbocycles. The number of hydrogen-bond acceptors (Lipinski definition) is 8. The quantitative estimate of drug-likeness (QED) is 0.168. The summed E-state index contributed by atoms with van der Waals surface area (Å²) in [7, 11) is -3.99. The summed E-state index contributed by atoms with van der Waals surface area (Å²) in [6.45, 7) is -0.228. The fourth-order valence-corrected chi connectivity index (χ4v) is 4.16. The van der Waals surface area contributed by atoms with Crippen molar-refractivity contribution in [1.29, 1.82) is 0 Å². The van der Waals surface area contributed by atoms with Crippen molar-refractivity contribution in [2.45, 2.75) is 12.7 Å². The van der Waals surface area contributed by atoms with E-state index in [1.165, 1.54) is 11.3 Å². The largest absolute Gasteiger partial charge is 0.348 e. The molecule has 14 heteroatoms. The van der Waals surface area contributed by atoms with Gasteiger partial charge in [-0.1, -0.05) is 0 Å². The van der Waals surface area contributed by atoms with Crippen LogP contribution in [0, 0.1) is 10.1 Å². The molecule has 2 aromatic heterocycles. The second-order valence-electron chi connectivity index (χ2n) is 5.53. The molecule has 0 radical (unpaired) electrons. The van der Waals surface area contributed by atoms with E-state index >= 15 is 0 Å². The molecule has 4 N–H and O–H groups in total. The maximum atomic E-state index is 12.1. The van der Waals surface area contributed by atoms with Crippen molar-refractivity contribution in [3.8, 4) is 0 Å². The lowest BCUT2D eigenvalue weighted by molar-refractivity contribution is -0.384. The first kappa shape index (κ1) is 22.1. The summed E-state index contributed by atoms with van der Waals surface area (Å²) in [6, 6.07) is 3.95. The average molecular weight is 493 g/mol. The maximum absolute atomic E-state index is 12.1. The minimum absolute atomic E-state index is 0. The van der Waals surface area contributed by atoms with Crippen LogP contribution in [0.15, 0.2) is 38.5 Å². The standard InChI is InChI=1S/C14H13N4O7PS.BrH/c19-13-14(20)17-12-9(3-10(18(21)22)4-11(12)16-13)5-15-25-26(23,24)6-8-1-2-27-7-8;/h1-4,7,15H,5-6H2,(H,16,19)(H,17,20)(H,23,24);1H. The molecular formula is C14H14BrN4O7PS. The minimum Gasteiger partial charge on any atom is -0.323 e. The smallest absolute Gasteiger partial charge is 0.323 e. The van der Waals surface area contributed by atoms with Crippen molar-refractivity contribution in [2.24, 2.45) is 0 Å². The van der Waals surface area contributed by atoms with Gasteiger partial charge in [-0.15, -0.1) is 17.0 Å². The molecule has 1 unspecified atom stereocenters. The first-order chi connectivity index (χ1) is 12.7. The third-order valence-corrected chi connectivity index (χ3v) is 5.45. The molecule has 0 bridgehead atoms. The topological polar surface area (TPSA) is 167 Å². The summed E-state index contributed by atoms with van der Waals surface area (Å²) in [5.41, 5.74) is 1.13. The summed E-state index contributed by atoms with van der Waals surface area (Å²) in [4.78, 5) is 47.8. The van der Waals surface area contributed by atoms with Gasteiger partial charge < -0.3 is 14.9 Å². The van der Waals surface area contributed by atoms with E-state index in [1.54, 1.807) is 16.8 Å². The van der Waals surface area contributed by atoms with Crippen molar-refractivity contribution in [1.82, 2.24) is 15.4 Å². The molecule has 0 aliphatic rings. The van der Waals surface area contributed by atoms with Crippen LogP contribution in [0.4, 0.5) is 5.69 Å². The molecule has 0 saturated carbocycles. The van der Waals surface area contributed by atoms with Crippen LogP contribution in [-0.4, -0.2) is 19.8 Å². The highest BCUT2D eigenvalue weighted by Gasteiger charge is 2.21. The Bertz CT molecular complexity index is 1160. The van der Waals surface area contributed by atoms with Crippen LogP contribution in [0.25, 0.3) is 11.0 Å². The normalized spacial score (nSPS) is 13.0. The van der Waals surface area contributed by atoms with Crippen LogP contribution >= 0.6 is 35.9 Å². The molecule has 0 fully saturated rings. The van der Waals surface area contributed by atoms with E-state index in [2.05, 4.69) is 15.4 Å². The van der Waals surface area contributed by atoms with E-state index in [4.69, 9.17) is 4.62 Å². The van der Waals surface area contributed by atoms with Gasteiger partial charge in [0.25, 0.3) is 5.69 Å². The lowest BCUT2D eigenvalue weighted by atomic mass is 10.1. The van der Waals surface area contributed by atoms with E-state index in [0.717, 1.165) is 12.1 Å². The Hall–Kier alpha value is -2.15. The number of non-ortho nitro benzene ring substituents is 1. The third-order valence-electron chi connectivity index (χ3n) is 3.54. The van der Waals surface area contributed by atoms with Crippen LogP contribution in [0.2, 0.25) is 0 Å². The van der Waals surface area contributed by atoms with Gasteiger partial charge in [-0.25, -0.2) is 4.62 Å². The molecule has 1 aromatic carbocycles. The van der Waals surface area contributed by atoms with E-state index in [9.17, 15) is 29.2 Å². The third kappa shape index (κ3) is 5.22. The number of H-pyrrole nitrogens is 2. The van der Waals surface area contributed by atoms with Gasteiger partial charge >= 0.3 is 18.7 Å². The van der Waals surface area contributed by atoms with Crippen molar-refractivity contribution >= 4 is 52.6 Å². The Morgan fingerprint density at radius 1 is 1.29 bits per heavy atom. The Kier molecular flexibility index (Phi) is 7.04. The summed E-state index contributed by atoms with van der Waals surface area (Å²) < 4.78 is 16.9. The van der Waals surface area contributed by atoms with Gasteiger partial charge in [-0.05, 0) is 22.4 Å². The van der Waals surface area contributed by atoms with Crippen LogP contribution in [0.5, 0.6) is 0 Å². The number of nitro benzene ring substituents is 1. The number of nitrogens with one attached hydrogen (secondary N) is 3. The SMILES string of the molecule is Br.O=c1[nH]c2cc([N+](=O)[O-])cc(CNOP(=O)(O)Cc3ccsc3)c2[nH]c1=O. The van der Waals surface area contributed by atoms with E-state index in [-0.39, 0.29) is 52.0 Å². The van der Waals surface area contributed by atoms with Gasteiger partial charge in [0.05, 0.1) is 22.1 Å². The van der Waals surface area contributed by atoms with Gasteiger partial charge in [0.15, 0.2) is 0 Å². The number of thiophene rings is 1. The summed E-state index contributed by atoms with van der Waals surface area (Å²) in [5.74, 6) is 0. The Balaban J connectivity index is 0.00000280. The fourth-order valence-electron chi connectivity index (χ4n) is 2.38. The predicted molar refractivity (Wildman–Crippen MR) is 108 cm³/mol. The number of nitrogens with zero attached hydrogens (tertiary/aromatic N) is 1. The molecule has 3 aromatic rings. The molecule has 3 rings (SSSR count). The first-order valence-electron chi connectivity index (χ1n) is 7.43. The molecule has 11 nitrogen and oxygen atoms in total. The zero-order chi connectivity index (χ0) is 19.6. The number of halogens is 1. The van der Waals surface area contributed by atoms with E-state index in [1.807, 2.05) is 0 Å². The lowest BCUT2D eigenvalue weighted by Crippen LogP contribution is -2.29. The summed E-state index contributed by atoms with van der Waals surface area (Å²) >= 11 is 1.37. The molecule has 0 spiro atoms. The van der Waals surface area contributed by atoms with Crippen molar-refractivity contribution in [2.75, 3.05) is 0 Å². The molecule has 1 atom stereocenters. The number of fused-ring (bicyclic) bond motifs is 1. The first-order valence-corrected chi connectivity index (χ1v) is 10.1. The van der Waals surface area contributed by atoms with Crippen LogP contribution in [-0.2, 0) is 21.9 Å². The van der Waals surface area contributed by atoms with Gasteiger partial charge in [-0.2, -0.15) is 16.8 Å². The van der Waals surface area contributed by atoms with E-state index < -0.39 is 23.6 Å². The predicted octanol–water partition coefficient (Wildman–Crippen LogP) is 2.17. The Morgan fingerprint density at radius 2 is 2.00 bits per heavy atom. The summed E-state index contributed by atoms with van der Waals surface area (Å²) in [5, 5.41) is 14.5. The van der Waals surface area contributed by atoms with Crippen molar-refractivity contribution in [3.05, 3.63) is 70.9 Å². The second-order valence-corrected chi connectivity index (χ2v) is 8.09. The highest BCUT2D eigenvalue weighted by Crippen LogP contribution is 2.44. The van der Waals surface area contributed by atoms with Crippen LogP contribution in [0.1, 0.15) is 11.1 Å². The Labute approximate surface area is 170 Å². The van der Waals surface area contributed by atoms with Crippen LogP contribution in [0.3, 0.4) is 0 Å². The maximum Gasteiger partial charge on any atom is 0.348 e. The van der Waals surface area contributed by atoms with Gasteiger partial charge in [0, 0.05) is 24.2 Å². The van der Waals surface area contributed by atoms with Crippen molar-refractivity contribution < 1.29 is 19.0 Å². The minimum atomic E-state index is -3.99.